The largest absolute Gasteiger partial charge is 0.373 e. The predicted molar refractivity (Wildman–Crippen MR) is 77.2 cm³/mol. The molecule has 0 fully saturated rings. The van der Waals surface area contributed by atoms with E-state index in [4.69, 9.17) is 10.6 Å². The van der Waals surface area contributed by atoms with Crippen LogP contribution in [0.2, 0.25) is 0 Å². The molecule has 2 heterocycles. The zero-order valence-corrected chi connectivity index (χ0v) is 11.8. The van der Waals surface area contributed by atoms with E-state index in [1.165, 1.54) is 16.9 Å². The first-order valence-corrected chi connectivity index (χ1v) is 7.50. The average Bonchev–Trinajstić information content (AvgIpc) is 2.98. The molecule has 0 spiro atoms. The maximum atomic E-state index is 5.62. The number of anilines is 1. The van der Waals surface area contributed by atoms with Gasteiger partial charge in [0, 0.05) is 11.5 Å². The number of hydrazine groups is 1. The molecule has 0 amide bonds. The molecular formula is C13H18N4OS. The summed E-state index contributed by atoms with van der Waals surface area (Å²) >= 11 is 1.77. The van der Waals surface area contributed by atoms with Crippen molar-refractivity contribution in [3.05, 3.63) is 16.3 Å². The Morgan fingerprint density at radius 1 is 1.37 bits per heavy atom. The lowest BCUT2D eigenvalue weighted by Crippen LogP contribution is -2.11. The van der Waals surface area contributed by atoms with Gasteiger partial charge in [-0.25, -0.2) is 15.8 Å². The second-order valence-corrected chi connectivity index (χ2v) is 5.81. The number of hydrogen-bond donors (Lipinski definition) is 2. The van der Waals surface area contributed by atoms with Gasteiger partial charge in [0.1, 0.15) is 11.4 Å². The highest BCUT2D eigenvalue weighted by Gasteiger charge is 2.21. The van der Waals surface area contributed by atoms with Gasteiger partial charge >= 0.3 is 0 Å². The molecule has 19 heavy (non-hydrogen) atoms. The minimum absolute atomic E-state index is 0.445. The van der Waals surface area contributed by atoms with Crippen molar-refractivity contribution in [1.29, 1.82) is 0 Å². The Hall–Kier alpha value is -1.24. The molecular weight excluding hydrogens is 260 g/mol. The lowest BCUT2D eigenvalue weighted by Gasteiger charge is -2.07. The minimum atomic E-state index is 0.445. The summed E-state index contributed by atoms with van der Waals surface area (Å²) in [4.78, 5) is 11.5. The predicted octanol–water partition coefficient (Wildman–Crippen LogP) is 2.39. The number of nitrogens with zero attached hydrogens (tertiary/aromatic N) is 2. The van der Waals surface area contributed by atoms with E-state index in [0.717, 1.165) is 41.9 Å². The van der Waals surface area contributed by atoms with Crippen LogP contribution in [0.15, 0.2) is 0 Å². The lowest BCUT2D eigenvalue weighted by atomic mass is 10.2. The van der Waals surface area contributed by atoms with Gasteiger partial charge < -0.3 is 10.2 Å². The summed E-state index contributed by atoms with van der Waals surface area (Å²) in [6.07, 6.45) is 4.49. The maximum Gasteiger partial charge on any atom is 0.158 e. The van der Waals surface area contributed by atoms with Crippen LogP contribution in [0.25, 0.3) is 10.2 Å². The average molecular weight is 278 g/mol. The molecule has 3 N–H and O–H groups in total. The summed E-state index contributed by atoms with van der Waals surface area (Å²) in [6.45, 7) is 3.26. The summed E-state index contributed by atoms with van der Waals surface area (Å²) < 4.78 is 5.51. The summed E-state index contributed by atoms with van der Waals surface area (Å²) in [6, 6.07) is 0. The molecule has 0 saturated carbocycles. The molecule has 0 unspecified atom stereocenters. The first-order chi connectivity index (χ1) is 9.33. The second kappa shape index (κ2) is 5.40. The summed E-state index contributed by atoms with van der Waals surface area (Å²) in [5.74, 6) is 7.05. The van der Waals surface area contributed by atoms with Gasteiger partial charge in [-0.15, -0.1) is 11.3 Å². The van der Waals surface area contributed by atoms with Gasteiger partial charge in [0.05, 0.1) is 5.39 Å². The number of hydrogen-bond acceptors (Lipinski definition) is 6. The van der Waals surface area contributed by atoms with Crippen LogP contribution >= 0.6 is 11.3 Å². The molecule has 1 aliphatic carbocycles. The van der Waals surface area contributed by atoms with Crippen molar-refractivity contribution in [2.24, 2.45) is 5.84 Å². The van der Waals surface area contributed by atoms with Crippen LogP contribution in [0.1, 0.15) is 36.0 Å². The van der Waals surface area contributed by atoms with Crippen LogP contribution in [0.3, 0.4) is 0 Å². The third kappa shape index (κ3) is 2.31. The van der Waals surface area contributed by atoms with Crippen LogP contribution < -0.4 is 11.3 Å². The van der Waals surface area contributed by atoms with Crippen molar-refractivity contribution >= 4 is 27.4 Å². The minimum Gasteiger partial charge on any atom is -0.373 e. The van der Waals surface area contributed by atoms with Crippen molar-refractivity contribution in [3.63, 3.8) is 0 Å². The molecule has 0 atom stereocenters. The Labute approximate surface area is 116 Å². The molecule has 0 bridgehead atoms. The van der Waals surface area contributed by atoms with Gasteiger partial charge in [-0.3, -0.25) is 0 Å². The van der Waals surface area contributed by atoms with Crippen molar-refractivity contribution < 1.29 is 4.74 Å². The van der Waals surface area contributed by atoms with E-state index in [-0.39, 0.29) is 0 Å². The molecule has 3 rings (SSSR count). The molecule has 2 aromatic rings. The standard InChI is InChI=1S/C13H18N4OS/c1-2-6-18-7-10-15-12(17-14)11-8-4-3-5-9(8)19-13(11)16-10/h2-7,14H2,1H3,(H,15,16,17). The summed E-state index contributed by atoms with van der Waals surface area (Å²) in [7, 11) is 0. The number of ether oxygens (including phenoxy) is 1. The van der Waals surface area contributed by atoms with Crippen LogP contribution in [-0.2, 0) is 24.2 Å². The zero-order chi connectivity index (χ0) is 13.2. The van der Waals surface area contributed by atoms with E-state index in [1.807, 2.05) is 0 Å². The molecule has 0 aromatic carbocycles. The van der Waals surface area contributed by atoms with Gasteiger partial charge in [-0.05, 0) is 31.2 Å². The topological polar surface area (TPSA) is 73.1 Å². The lowest BCUT2D eigenvalue weighted by molar-refractivity contribution is 0.116. The first-order valence-electron chi connectivity index (χ1n) is 6.69. The fourth-order valence-corrected chi connectivity index (χ4v) is 3.80. The van der Waals surface area contributed by atoms with Crippen LogP contribution in [0, 0.1) is 0 Å². The maximum absolute atomic E-state index is 5.62. The van der Waals surface area contributed by atoms with E-state index in [1.54, 1.807) is 11.3 Å². The van der Waals surface area contributed by atoms with Crippen LogP contribution in [0.5, 0.6) is 0 Å². The fraction of sp³-hybridized carbons (Fsp3) is 0.538. The molecule has 102 valence electrons. The highest BCUT2D eigenvalue weighted by molar-refractivity contribution is 7.19. The Morgan fingerprint density at radius 3 is 3.05 bits per heavy atom. The molecule has 0 aliphatic heterocycles. The Balaban J connectivity index is 1.99. The van der Waals surface area contributed by atoms with E-state index >= 15 is 0 Å². The third-order valence-electron chi connectivity index (χ3n) is 3.33. The van der Waals surface area contributed by atoms with Crippen molar-refractivity contribution in [3.8, 4) is 0 Å². The molecule has 5 nitrogen and oxygen atoms in total. The number of thiophene rings is 1. The number of aromatic nitrogens is 2. The fourth-order valence-electron chi connectivity index (χ4n) is 2.52. The molecule has 0 radical (unpaired) electrons. The highest BCUT2D eigenvalue weighted by Crippen LogP contribution is 2.39. The third-order valence-corrected chi connectivity index (χ3v) is 4.51. The van der Waals surface area contributed by atoms with Gasteiger partial charge in [-0.1, -0.05) is 6.92 Å². The number of aryl methyl sites for hydroxylation is 2. The van der Waals surface area contributed by atoms with E-state index in [9.17, 15) is 0 Å². The van der Waals surface area contributed by atoms with Gasteiger partial charge in [-0.2, -0.15) is 0 Å². The van der Waals surface area contributed by atoms with Gasteiger partial charge in [0.25, 0.3) is 0 Å². The molecule has 1 aliphatic rings. The zero-order valence-electron chi connectivity index (χ0n) is 11.0. The Kier molecular flexibility index (Phi) is 3.63. The normalized spacial score (nSPS) is 14.0. The number of nitrogens with one attached hydrogen (secondary N) is 1. The van der Waals surface area contributed by atoms with E-state index in [0.29, 0.717) is 12.4 Å². The van der Waals surface area contributed by atoms with Crippen molar-refractivity contribution in [2.75, 3.05) is 12.0 Å². The van der Waals surface area contributed by atoms with Crippen molar-refractivity contribution in [2.45, 2.75) is 39.2 Å². The second-order valence-electron chi connectivity index (χ2n) is 4.72. The van der Waals surface area contributed by atoms with Crippen LogP contribution in [0.4, 0.5) is 5.82 Å². The quantitative estimate of drug-likeness (QED) is 0.499. The van der Waals surface area contributed by atoms with E-state index < -0.39 is 0 Å². The monoisotopic (exact) mass is 278 g/mol. The number of fused-ring (bicyclic) bond motifs is 3. The van der Waals surface area contributed by atoms with Gasteiger partial charge in [0.2, 0.25) is 0 Å². The number of rotatable bonds is 5. The van der Waals surface area contributed by atoms with Gasteiger partial charge in [0.15, 0.2) is 11.6 Å². The summed E-state index contributed by atoms with van der Waals surface area (Å²) in [5, 5.41) is 1.11. The molecule has 6 heteroatoms. The SMILES string of the molecule is CCCOCc1nc(NN)c2c3c(sc2n1)CCC3. The van der Waals surface area contributed by atoms with Crippen molar-refractivity contribution in [1.82, 2.24) is 9.97 Å². The van der Waals surface area contributed by atoms with Crippen LogP contribution in [-0.4, -0.2) is 16.6 Å². The Morgan fingerprint density at radius 2 is 2.26 bits per heavy atom. The Bertz CT molecular complexity index is 596. The number of nitrogen functional groups attached to an aromatic ring is 1. The smallest absolute Gasteiger partial charge is 0.158 e. The first kappa shape index (κ1) is 12.8. The molecule has 2 aromatic heterocycles. The highest BCUT2D eigenvalue weighted by atomic mass is 32.1. The van der Waals surface area contributed by atoms with E-state index in [2.05, 4.69) is 22.3 Å². The number of nitrogens with two attached hydrogens (primary N) is 1. The molecule has 0 saturated heterocycles. The summed E-state index contributed by atoms with van der Waals surface area (Å²) in [5.41, 5.74) is 4.10.